The molecule has 27 heavy (non-hydrogen) atoms. The summed E-state index contributed by atoms with van der Waals surface area (Å²) >= 11 is 1.72. The molecule has 2 aliphatic heterocycles. The van der Waals surface area contributed by atoms with Crippen molar-refractivity contribution in [3.8, 4) is 11.5 Å². The van der Waals surface area contributed by atoms with Gasteiger partial charge in [0.1, 0.15) is 17.6 Å². The molecule has 0 spiro atoms. The molecule has 1 aromatic heterocycles. The van der Waals surface area contributed by atoms with Crippen molar-refractivity contribution in [1.82, 2.24) is 4.90 Å². The average Bonchev–Trinajstić information content (AvgIpc) is 3.38. The van der Waals surface area contributed by atoms with E-state index in [1.807, 2.05) is 24.0 Å². The fourth-order valence-corrected chi connectivity index (χ4v) is 4.80. The van der Waals surface area contributed by atoms with Gasteiger partial charge in [-0.15, -0.1) is 11.3 Å². The number of likely N-dealkylation sites (tertiary alicyclic amines) is 1. The maximum absolute atomic E-state index is 12.9. The van der Waals surface area contributed by atoms with Crippen molar-refractivity contribution in [3.05, 3.63) is 51.7 Å². The SMILES string of the molecule is CCOc1cc2c(cc1/C=C/C(=O)N1CCCC1c1cccs1)OC(C)C2. The first-order valence-corrected chi connectivity index (χ1v) is 10.5. The lowest BCUT2D eigenvalue weighted by molar-refractivity contribution is -0.126. The van der Waals surface area contributed by atoms with E-state index in [0.29, 0.717) is 6.61 Å². The van der Waals surface area contributed by atoms with E-state index in [1.54, 1.807) is 17.4 Å². The normalized spacial score (nSPS) is 21.5. The fraction of sp³-hybridized carbons (Fsp3) is 0.409. The smallest absolute Gasteiger partial charge is 0.247 e. The summed E-state index contributed by atoms with van der Waals surface area (Å²) in [7, 11) is 0. The van der Waals surface area contributed by atoms with E-state index in [2.05, 4.69) is 30.5 Å². The van der Waals surface area contributed by atoms with Crippen molar-refractivity contribution in [3.63, 3.8) is 0 Å². The van der Waals surface area contributed by atoms with Crippen molar-refractivity contribution >= 4 is 23.3 Å². The molecule has 5 heteroatoms. The third kappa shape index (κ3) is 3.74. The van der Waals surface area contributed by atoms with Crippen LogP contribution in [0.3, 0.4) is 0 Å². The molecule has 0 bridgehead atoms. The first kappa shape index (κ1) is 18.1. The largest absolute Gasteiger partial charge is 0.493 e. The molecule has 4 rings (SSSR count). The molecule has 2 aromatic rings. The van der Waals surface area contributed by atoms with Crippen LogP contribution in [0.25, 0.3) is 6.08 Å². The number of ether oxygens (including phenoxy) is 2. The Hall–Kier alpha value is -2.27. The Morgan fingerprint density at radius 2 is 2.33 bits per heavy atom. The van der Waals surface area contributed by atoms with Crippen LogP contribution in [0, 0.1) is 0 Å². The number of hydrogen-bond donors (Lipinski definition) is 0. The van der Waals surface area contributed by atoms with Crippen LogP contribution in [-0.2, 0) is 11.2 Å². The minimum atomic E-state index is 0.0585. The zero-order valence-electron chi connectivity index (χ0n) is 15.8. The fourth-order valence-electron chi connectivity index (χ4n) is 3.93. The topological polar surface area (TPSA) is 38.8 Å². The summed E-state index contributed by atoms with van der Waals surface area (Å²) in [5, 5.41) is 2.08. The summed E-state index contributed by atoms with van der Waals surface area (Å²) in [6.45, 7) is 5.45. The van der Waals surface area contributed by atoms with Crippen LogP contribution in [0.15, 0.2) is 35.7 Å². The van der Waals surface area contributed by atoms with Gasteiger partial charge in [-0.1, -0.05) is 6.07 Å². The maximum Gasteiger partial charge on any atom is 0.247 e. The highest BCUT2D eigenvalue weighted by molar-refractivity contribution is 7.10. The second-order valence-electron chi connectivity index (χ2n) is 7.10. The Balaban J connectivity index is 1.55. The number of carbonyl (C=O) groups excluding carboxylic acids is 1. The first-order valence-electron chi connectivity index (χ1n) is 9.64. The van der Waals surface area contributed by atoms with Crippen molar-refractivity contribution in [2.45, 2.75) is 45.3 Å². The highest BCUT2D eigenvalue weighted by atomic mass is 32.1. The molecule has 0 saturated carbocycles. The Kier molecular flexibility index (Phi) is 5.21. The quantitative estimate of drug-likeness (QED) is 0.693. The van der Waals surface area contributed by atoms with E-state index in [0.717, 1.165) is 42.9 Å². The van der Waals surface area contributed by atoms with Crippen molar-refractivity contribution < 1.29 is 14.3 Å². The Bertz CT molecular complexity index is 843. The average molecular weight is 384 g/mol. The van der Waals surface area contributed by atoms with E-state index in [1.165, 1.54) is 10.4 Å². The second-order valence-corrected chi connectivity index (χ2v) is 8.08. The zero-order valence-corrected chi connectivity index (χ0v) is 16.6. The predicted octanol–water partition coefficient (Wildman–Crippen LogP) is 4.85. The van der Waals surface area contributed by atoms with Crippen LogP contribution >= 0.6 is 11.3 Å². The Labute approximate surface area is 164 Å². The van der Waals surface area contributed by atoms with E-state index < -0.39 is 0 Å². The molecule has 1 fully saturated rings. The summed E-state index contributed by atoms with van der Waals surface area (Å²) < 4.78 is 11.7. The first-order chi connectivity index (χ1) is 13.2. The van der Waals surface area contributed by atoms with Crippen LogP contribution in [0.2, 0.25) is 0 Å². The van der Waals surface area contributed by atoms with Crippen LogP contribution in [0.4, 0.5) is 0 Å². The molecule has 2 unspecified atom stereocenters. The van der Waals surface area contributed by atoms with Gasteiger partial charge < -0.3 is 14.4 Å². The van der Waals surface area contributed by atoms with E-state index >= 15 is 0 Å². The van der Waals surface area contributed by atoms with Gasteiger partial charge in [-0.2, -0.15) is 0 Å². The van der Waals surface area contributed by atoms with Crippen molar-refractivity contribution in [1.29, 1.82) is 0 Å². The van der Waals surface area contributed by atoms with Gasteiger partial charge in [0.15, 0.2) is 0 Å². The molecule has 142 valence electrons. The van der Waals surface area contributed by atoms with Crippen molar-refractivity contribution in [2.75, 3.05) is 13.2 Å². The maximum atomic E-state index is 12.9. The van der Waals surface area contributed by atoms with Gasteiger partial charge in [0, 0.05) is 35.0 Å². The van der Waals surface area contributed by atoms with Gasteiger partial charge in [0.25, 0.3) is 0 Å². The lowest BCUT2D eigenvalue weighted by Crippen LogP contribution is -2.28. The monoisotopic (exact) mass is 383 g/mol. The molecular formula is C22H25NO3S. The lowest BCUT2D eigenvalue weighted by Gasteiger charge is -2.22. The predicted molar refractivity (Wildman–Crippen MR) is 108 cm³/mol. The van der Waals surface area contributed by atoms with E-state index in [4.69, 9.17) is 9.47 Å². The van der Waals surface area contributed by atoms with Gasteiger partial charge in [-0.25, -0.2) is 0 Å². The standard InChI is InChI=1S/C22H25NO3S/c1-3-25-19-14-17-12-15(2)26-20(17)13-16(19)8-9-22(24)23-10-4-6-18(23)21-7-5-11-27-21/h5,7-9,11,13-15,18H,3-4,6,10,12H2,1-2H3/b9-8+. The molecule has 4 nitrogen and oxygen atoms in total. The number of carbonyl (C=O) groups is 1. The molecule has 0 N–H and O–H groups in total. The summed E-state index contributed by atoms with van der Waals surface area (Å²) in [5.74, 6) is 1.77. The van der Waals surface area contributed by atoms with Gasteiger partial charge in [0.2, 0.25) is 5.91 Å². The minimum absolute atomic E-state index is 0.0585. The zero-order chi connectivity index (χ0) is 18.8. The third-order valence-corrected chi connectivity index (χ3v) is 6.11. The second kappa shape index (κ2) is 7.77. The van der Waals surface area contributed by atoms with E-state index in [9.17, 15) is 4.79 Å². The summed E-state index contributed by atoms with van der Waals surface area (Å²) in [4.78, 5) is 16.1. The molecule has 2 aliphatic rings. The van der Waals surface area contributed by atoms with Gasteiger partial charge >= 0.3 is 0 Å². The van der Waals surface area contributed by atoms with Gasteiger partial charge in [-0.05, 0) is 56.3 Å². The molecule has 1 aromatic carbocycles. The minimum Gasteiger partial charge on any atom is -0.493 e. The summed E-state index contributed by atoms with van der Waals surface area (Å²) in [6.07, 6.45) is 6.71. The molecule has 1 saturated heterocycles. The van der Waals surface area contributed by atoms with Crippen LogP contribution in [0.5, 0.6) is 11.5 Å². The van der Waals surface area contributed by atoms with Gasteiger partial charge in [0.05, 0.1) is 12.6 Å². The number of hydrogen-bond acceptors (Lipinski definition) is 4. The van der Waals surface area contributed by atoms with Gasteiger partial charge in [-0.3, -0.25) is 4.79 Å². The molecule has 0 radical (unpaired) electrons. The molecule has 2 atom stereocenters. The van der Waals surface area contributed by atoms with Crippen LogP contribution < -0.4 is 9.47 Å². The number of amides is 1. The Morgan fingerprint density at radius 3 is 3.11 bits per heavy atom. The number of nitrogens with zero attached hydrogens (tertiary/aromatic N) is 1. The van der Waals surface area contributed by atoms with Crippen LogP contribution in [-0.4, -0.2) is 30.1 Å². The van der Waals surface area contributed by atoms with Crippen LogP contribution in [0.1, 0.15) is 48.7 Å². The number of rotatable bonds is 5. The highest BCUT2D eigenvalue weighted by Gasteiger charge is 2.29. The third-order valence-electron chi connectivity index (χ3n) is 5.14. The Morgan fingerprint density at radius 1 is 1.44 bits per heavy atom. The number of thiophene rings is 1. The number of benzene rings is 1. The number of fused-ring (bicyclic) bond motifs is 1. The van der Waals surface area contributed by atoms with E-state index in [-0.39, 0.29) is 18.1 Å². The highest BCUT2D eigenvalue weighted by Crippen LogP contribution is 2.37. The van der Waals surface area contributed by atoms with Crippen molar-refractivity contribution in [2.24, 2.45) is 0 Å². The summed E-state index contributed by atoms with van der Waals surface area (Å²) in [5.41, 5.74) is 2.07. The molecule has 3 heterocycles. The lowest BCUT2D eigenvalue weighted by atomic mass is 10.1. The molecular weight excluding hydrogens is 358 g/mol. The molecule has 0 aliphatic carbocycles. The molecule has 1 amide bonds. The summed E-state index contributed by atoms with van der Waals surface area (Å²) in [6, 6.07) is 8.43.